The molecule has 0 saturated heterocycles. The summed E-state index contributed by atoms with van der Waals surface area (Å²) in [5.41, 5.74) is 0.203. The maximum atomic E-state index is 12.3. The van der Waals surface area contributed by atoms with Crippen LogP contribution in [0.25, 0.3) is 0 Å². The van der Waals surface area contributed by atoms with Crippen LogP contribution in [0, 0.1) is 10.1 Å². The molecule has 0 radical (unpaired) electrons. The quantitative estimate of drug-likeness (QED) is 0.0981. The Morgan fingerprint density at radius 3 is 1.97 bits per heavy atom. The van der Waals surface area contributed by atoms with Crippen molar-refractivity contribution in [2.24, 2.45) is 0 Å². The van der Waals surface area contributed by atoms with Gasteiger partial charge in [0.1, 0.15) is 5.69 Å². The topological polar surface area (TPSA) is 99.3 Å². The maximum absolute atomic E-state index is 12.3. The summed E-state index contributed by atoms with van der Waals surface area (Å²) in [6.07, 6.45) is 22.8. The van der Waals surface area contributed by atoms with E-state index < -0.39 is 4.92 Å². The normalized spacial score (nSPS) is 10.9. The highest BCUT2D eigenvalue weighted by molar-refractivity contribution is 5.92. The van der Waals surface area contributed by atoms with E-state index in [1.807, 2.05) is 0 Å². The number of nitrogens with zero attached hydrogens (tertiary/aromatic N) is 3. The van der Waals surface area contributed by atoms with Crippen LogP contribution in [0.5, 0.6) is 5.75 Å². The molecule has 0 spiro atoms. The van der Waals surface area contributed by atoms with Gasteiger partial charge >= 0.3 is 5.69 Å². The molecule has 1 N–H and O–H groups in total. The van der Waals surface area contributed by atoms with E-state index in [1.165, 1.54) is 107 Å². The van der Waals surface area contributed by atoms with E-state index in [9.17, 15) is 14.9 Å². The number of ether oxygens (including phenoxy) is 1. The summed E-state index contributed by atoms with van der Waals surface area (Å²) < 4.78 is 6.95. The number of unbranched alkanes of at least 4 members (excludes halogenated alkanes) is 15. The van der Waals surface area contributed by atoms with Crippen LogP contribution in [0.3, 0.4) is 0 Å². The minimum atomic E-state index is -0.490. The van der Waals surface area contributed by atoms with Crippen molar-refractivity contribution < 1.29 is 14.5 Å². The Kier molecular flexibility index (Phi) is 15.8. The van der Waals surface area contributed by atoms with Crippen molar-refractivity contribution in [1.82, 2.24) is 15.1 Å². The monoisotopic (exact) mass is 514 g/mol. The first kappa shape index (κ1) is 30.3. The van der Waals surface area contributed by atoms with Gasteiger partial charge in [0, 0.05) is 18.8 Å². The molecule has 0 bridgehead atoms. The molecule has 206 valence electrons. The van der Waals surface area contributed by atoms with Crippen LogP contribution in [0.4, 0.5) is 5.69 Å². The Hall–Kier alpha value is -2.90. The van der Waals surface area contributed by atoms with Crippen LogP contribution >= 0.6 is 0 Å². The number of nitrogens with one attached hydrogen (secondary N) is 1. The number of carbonyl (C=O) groups is 1. The Morgan fingerprint density at radius 2 is 1.41 bits per heavy atom. The third-order valence-corrected chi connectivity index (χ3v) is 6.60. The van der Waals surface area contributed by atoms with E-state index in [4.69, 9.17) is 4.74 Å². The molecule has 1 amide bonds. The Bertz CT molecular complexity index is 900. The Morgan fingerprint density at radius 1 is 0.865 bits per heavy atom. The molecule has 0 aliphatic carbocycles. The smallest absolute Gasteiger partial charge is 0.311 e. The number of carbonyl (C=O) groups excluding carboxylic acids is 1. The zero-order valence-electron chi connectivity index (χ0n) is 22.7. The lowest BCUT2D eigenvalue weighted by Crippen LogP contribution is -2.25. The lowest BCUT2D eigenvalue weighted by Gasteiger charge is -2.06. The lowest BCUT2D eigenvalue weighted by molar-refractivity contribution is -0.386. The van der Waals surface area contributed by atoms with Crippen LogP contribution in [0.15, 0.2) is 36.5 Å². The average Bonchev–Trinajstić information content (AvgIpc) is 3.38. The SMILES string of the molecule is CCCCCCCCCCCCCCCCCCNC(=O)c1ccn(COc2ccccc2[N+](=O)[O-])n1. The highest BCUT2D eigenvalue weighted by Crippen LogP contribution is 2.26. The van der Waals surface area contributed by atoms with Crippen LogP contribution in [0.2, 0.25) is 0 Å². The minimum Gasteiger partial charge on any atom is -0.464 e. The van der Waals surface area contributed by atoms with Gasteiger partial charge in [-0.15, -0.1) is 0 Å². The van der Waals surface area contributed by atoms with E-state index in [0.717, 1.165) is 12.8 Å². The summed E-state index contributed by atoms with van der Waals surface area (Å²) in [6, 6.07) is 7.79. The molecule has 2 rings (SSSR count). The molecule has 0 unspecified atom stereocenters. The van der Waals surface area contributed by atoms with E-state index >= 15 is 0 Å². The van der Waals surface area contributed by atoms with Gasteiger partial charge in [0.15, 0.2) is 12.5 Å². The number of hydrogen-bond donors (Lipinski definition) is 1. The summed E-state index contributed by atoms with van der Waals surface area (Å²) in [5.74, 6) is -0.0529. The fraction of sp³-hybridized carbons (Fsp3) is 0.655. The summed E-state index contributed by atoms with van der Waals surface area (Å²) in [7, 11) is 0. The number of nitro benzene ring substituents is 1. The fourth-order valence-electron chi connectivity index (χ4n) is 4.39. The van der Waals surface area contributed by atoms with E-state index in [1.54, 1.807) is 24.4 Å². The zero-order valence-corrected chi connectivity index (χ0v) is 22.7. The minimum absolute atomic E-state index is 0.0166. The molecule has 37 heavy (non-hydrogen) atoms. The number of aromatic nitrogens is 2. The van der Waals surface area contributed by atoms with Gasteiger partial charge in [0.2, 0.25) is 0 Å². The largest absolute Gasteiger partial charge is 0.464 e. The lowest BCUT2D eigenvalue weighted by atomic mass is 10.0. The van der Waals surface area contributed by atoms with E-state index in [0.29, 0.717) is 12.2 Å². The van der Waals surface area contributed by atoms with Crippen molar-refractivity contribution >= 4 is 11.6 Å². The average molecular weight is 515 g/mol. The molecule has 1 aromatic carbocycles. The summed E-state index contributed by atoms with van der Waals surface area (Å²) in [5, 5.41) is 18.2. The molecule has 0 atom stereocenters. The number of benzene rings is 1. The van der Waals surface area contributed by atoms with Crippen molar-refractivity contribution in [3.05, 3.63) is 52.3 Å². The number of hydrogen-bond acceptors (Lipinski definition) is 5. The van der Waals surface area contributed by atoms with Crippen molar-refractivity contribution in [3.8, 4) is 5.75 Å². The Labute approximate surface area is 222 Å². The van der Waals surface area contributed by atoms with Crippen LogP contribution < -0.4 is 10.1 Å². The summed E-state index contributed by atoms with van der Waals surface area (Å²) in [6.45, 7) is 2.89. The first-order valence-corrected chi connectivity index (χ1v) is 14.3. The van der Waals surface area contributed by atoms with Gasteiger partial charge in [-0.05, 0) is 18.6 Å². The van der Waals surface area contributed by atoms with Gasteiger partial charge in [0.05, 0.1) is 4.92 Å². The van der Waals surface area contributed by atoms with Gasteiger partial charge < -0.3 is 10.1 Å². The van der Waals surface area contributed by atoms with Crippen molar-refractivity contribution in [2.45, 2.75) is 116 Å². The molecular formula is C29H46N4O4. The summed E-state index contributed by atoms with van der Waals surface area (Å²) >= 11 is 0. The molecule has 0 aliphatic heterocycles. The highest BCUT2D eigenvalue weighted by Gasteiger charge is 2.14. The third kappa shape index (κ3) is 13.3. The predicted molar refractivity (Wildman–Crippen MR) is 148 cm³/mol. The number of amides is 1. The second kappa shape index (κ2) is 19.2. The standard InChI is InChI=1S/C29H46N4O4/c1-2-3-4-5-6-7-8-9-10-11-12-13-14-15-16-19-23-30-29(34)26-22-24-32(31-26)25-37-28-21-18-17-20-27(28)33(35)36/h17-18,20-22,24H,2-16,19,23,25H2,1H3,(H,30,34). The van der Waals surface area contributed by atoms with Crippen LogP contribution in [-0.4, -0.2) is 27.2 Å². The molecule has 8 heteroatoms. The predicted octanol–water partition coefficient (Wildman–Crippen LogP) is 7.82. The molecule has 0 aliphatic rings. The number of nitro groups is 1. The maximum Gasteiger partial charge on any atom is 0.311 e. The van der Waals surface area contributed by atoms with Gasteiger partial charge in [-0.2, -0.15) is 5.10 Å². The second-order valence-corrected chi connectivity index (χ2v) is 9.80. The molecule has 2 aromatic rings. The highest BCUT2D eigenvalue weighted by atomic mass is 16.6. The van der Waals surface area contributed by atoms with Gasteiger partial charge in [-0.25, -0.2) is 4.68 Å². The Balaban J connectivity index is 1.44. The molecule has 8 nitrogen and oxygen atoms in total. The van der Waals surface area contributed by atoms with Crippen molar-refractivity contribution in [1.29, 1.82) is 0 Å². The van der Waals surface area contributed by atoms with Crippen LogP contribution in [0.1, 0.15) is 120 Å². The molecule has 1 aromatic heterocycles. The first-order valence-electron chi connectivity index (χ1n) is 14.3. The molecule has 1 heterocycles. The fourth-order valence-corrected chi connectivity index (χ4v) is 4.39. The summed E-state index contributed by atoms with van der Waals surface area (Å²) in [4.78, 5) is 22.9. The van der Waals surface area contributed by atoms with Gasteiger partial charge in [-0.1, -0.05) is 115 Å². The number of rotatable bonds is 22. The third-order valence-electron chi connectivity index (χ3n) is 6.60. The van der Waals surface area contributed by atoms with Gasteiger partial charge in [-0.3, -0.25) is 14.9 Å². The second-order valence-electron chi connectivity index (χ2n) is 9.80. The zero-order chi connectivity index (χ0) is 26.6. The molecule has 0 fully saturated rings. The van der Waals surface area contributed by atoms with E-state index in [-0.39, 0.29) is 24.1 Å². The van der Waals surface area contributed by atoms with E-state index in [2.05, 4.69) is 17.3 Å². The molecular weight excluding hydrogens is 468 g/mol. The molecule has 0 saturated carbocycles. The van der Waals surface area contributed by atoms with Crippen LogP contribution in [-0.2, 0) is 6.73 Å². The number of para-hydroxylation sites is 2. The van der Waals surface area contributed by atoms with Crippen molar-refractivity contribution in [2.75, 3.05) is 6.54 Å². The first-order chi connectivity index (χ1) is 18.1. The van der Waals surface area contributed by atoms with Gasteiger partial charge in [0.25, 0.3) is 5.91 Å². The van der Waals surface area contributed by atoms with Crippen molar-refractivity contribution in [3.63, 3.8) is 0 Å².